The van der Waals surface area contributed by atoms with Gasteiger partial charge in [-0.1, -0.05) is 0 Å². The second-order valence-corrected chi connectivity index (χ2v) is 4.23. The SMILES string of the molecule is COC(=O)c1ccc(N2CCOC(C#N)C2)nc1C. The summed E-state index contributed by atoms with van der Waals surface area (Å²) in [4.78, 5) is 17.9. The molecule has 0 bridgehead atoms. The van der Waals surface area contributed by atoms with Gasteiger partial charge in [0, 0.05) is 6.54 Å². The van der Waals surface area contributed by atoms with Gasteiger partial charge in [0.2, 0.25) is 0 Å². The highest BCUT2D eigenvalue weighted by atomic mass is 16.5. The maximum Gasteiger partial charge on any atom is 0.339 e. The Bertz CT molecular complexity index is 524. The molecule has 1 aromatic rings. The third kappa shape index (κ3) is 2.83. The number of carbonyl (C=O) groups is 1. The summed E-state index contributed by atoms with van der Waals surface area (Å²) in [5.41, 5.74) is 1.07. The molecule has 1 aromatic heterocycles. The Morgan fingerprint density at radius 3 is 3.05 bits per heavy atom. The average Bonchev–Trinajstić information content (AvgIpc) is 2.46. The van der Waals surface area contributed by atoms with Crippen LogP contribution in [0.25, 0.3) is 0 Å². The van der Waals surface area contributed by atoms with Crippen LogP contribution in [0.3, 0.4) is 0 Å². The van der Waals surface area contributed by atoms with E-state index in [1.807, 2.05) is 4.90 Å². The number of ether oxygens (including phenoxy) is 2. The number of nitriles is 1. The van der Waals surface area contributed by atoms with Crippen LogP contribution < -0.4 is 4.90 Å². The fourth-order valence-electron chi connectivity index (χ4n) is 1.99. The van der Waals surface area contributed by atoms with Gasteiger partial charge < -0.3 is 14.4 Å². The molecule has 0 aromatic carbocycles. The minimum atomic E-state index is -0.434. The van der Waals surface area contributed by atoms with Gasteiger partial charge in [0.1, 0.15) is 5.82 Å². The lowest BCUT2D eigenvalue weighted by atomic mass is 10.2. The molecule has 0 aliphatic carbocycles. The fraction of sp³-hybridized carbons (Fsp3) is 0.462. The van der Waals surface area contributed by atoms with E-state index in [-0.39, 0.29) is 0 Å². The van der Waals surface area contributed by atoms with Crippen LogP contribution in [0.15, 0.2) is 12.1 Å². The van der Waals surface area contributed by atoms with Crippen molar-refractivity contribution >= 4 is 11.8 Å². The summed E-state index contributed by atoms with van der Waals surface area (Å²) in [6.07, 6.45) is -0.434. The monoisotopic (exact) mass is 261 g/mol. The molecule has 2 rings (SSSR count). The zero-order valence-electron chi connectivity index (χ0n) is 10.9. The van der Waals surface area contributed by atoms with Crippen LogP contribution in [0.1, 0.15) is 16.1 Å². The van der Waals surface area contributed by atoms with Gasteiger partial charge in [-0.3, -0.25) is 0 Å². The molecule has 1 atom stereocenters. The van der Waals surface area contributed by atoms with Crippen molar-refractivity contribution < 1.29 is 14.3 Å². The number of morpholine rings is 1. The van der Waals surface area contributed by atoms with Crippen molar-refractivity contribution in [2.75, 3.05) is 31.7 Å². The molecule has 1 unspecified atom stereocenters. The van der Waals surface area contributed by atoms with Crippen LogP contribution in [0.5, 0.6) is 0 Å². The number of esters is 1. The Hall–Kier alpha value is -2.13. The Kier molecular flexibility index (Phi) is 3.97. The Morgan fingerprint density at radius 1 is 1.63 bits per heavy atom. The molecule has 0 N–H and O–H groups in total. The summed E-state index contributed by atoms with van der Waals surface area (Å²) in [6, 6.07) is 5.55. The summed E-state index contributed by atoms with van der Waals surface area (Å²) in [7, 11) is 1.34. The molecule has 1 aliphatic heterocycles. The molecular weight excluding hydrogens is 246 g/mol. The molecule has 0 radical (unpaired) electrons. The highest BCUT2D eigenvalue weighted by Crippen LogP contribution is 2.18. The number of pyridine rings is 1. The largest absolute Gasteiger partial charge is 0.465 e. The van der Waals surface area contributed by atoms with E-state index in [9.17, 15) is 4.79 Å². The van der Waals surface area contributed by atoms with Crippen LogP contribution in [0.4, 0.5) is 5.82 Å². The first-order valence-electron chi connectivity index (χ1n) is 5.98. The van der Waals surface area contributed by atoms with Crippen molar-refractivity contribution in [2.24, 2.45) is 0 Å². The quantitative estimate of drug-likeness (QED) is 0.736. The number of aryl methyl sites for hydroxylation is 1. The van der Waals surface area contributed by atoms with Crippen molar-refractivity contribution in [3.05, 3.63) is 23.4 Å². The van der Waals surface area contributed by atoms with E-state index in [2.05, 4.69) is 15.8 Å². The molecule has 0 amide bonds. The molecule has 1 saturated heterocycles. The van der Waals surface area contributed by atoms with E-state index in [0.717, 1.165) is 5.82 Å². The molecule has 6 heteroatoms. The van der Waals surface area contributed by atoms with Crippen molar-refractivity contribution in [3.8, 4) is 6.07 Å². The fourth-order valence-corrected chi connectivity index (χ4v) is 1.99. The molecule has 2 heterocycles. The van der Waals surface area contributed by atoms with Crippen molar-refractivity contribution in [2.45, 2.75) is 13.0 Å². The van der Waals surface area contributed by atoms with Gasteiger partial charge in [-0.25, -0.2) is 9.78 Å². The molecule has 19 heavy (non-hydrogen) atoms. The van der Waals surface area contributed by atoms with E-state index >= 15 is 0 Å². The molecule has 6 nitrogen and oxygen atoms in total. The topological polar surface area (TPSA) is 75.4 Å². The second-order valence-electron chi connectivity index (χ2n) is 4.23. The number of aromatic nitrogens is 1. The van der Waals surface area contributed by atoms with Crippen molar-refractivity contribution in [1.29, 1.82) is 5.26 Å². The van der Waals surface area contributed by atoms with Gasteiger partial charge >= 0.3 is 5.97 Å². The van der Waals surface area contributed by atoms with Crippen LogP contribution >= 0.6 is 0 Å². The summed E-state index contributed by atoms with van der Waals surface area (Å²) in [6.45, 7) is 3.43. The molecule has 0 saturated carbocycles. The zero-order chi connectivity index (χ0) is 13.8. The highest BCUT2D eigenvalue weighted by Gasteiger charge is 2.22. The first-order chi connectivity index (χ1) is 9.15. The molecular formula is C13H15N3O3. The third-order valence-electron chi connectivity index (χ3n) is 3.01. The first-order valence-corrected chi connectivity index (χ1v) is 5.98. The van der Waals surface area contributed by atoms with Crippen molar-refractivity contribution in [1.82, 2.24) is 4.98 Å². The number of carbonyl (C=O) groups excluding carboxylic acids is 1. The van der Waals surface area contributed by atoms with Crippen LogP contribution in [0, 0.1) is 18.3 Å². The standard InChI is InChI=1S/C13H15N3O3/c1-9-11(13(17)18-2)3-4-12(15-9)16-5-6-19-10(7-14)8-16/h3-4,10H,5-6,8H2,1-2H3. The van der Waals surface area contributed by atoms with E-state index in [4.69, 9.17) is 10.00 Å². The summed E-state index contributed by atoms with van der Waals surface area (Å²) in [5.74, 6) is 0.349. The van der Waals surface area contributed by atoms with Crippen molar-refractivity contribution in [3.63, 3.8) is 0 Å². The molecule has 100 valence electrons. The lowest BCUT2D eigenvalue weighted by molar-refractivity contribution is 0.0599. The van der Waals surface area contributed by atoms with Crippen LogP contribution in [0.2, 0.25) is 0 Å². The first kappa shape index (κ1) is 13.3. The number of hydrogen-bond acceptors (Lipinski definition) is 6. The van der Waals surface area contributed by atoms with E-state index in [1.54, 1.807) is 19.1 Å². The average molecular weight is 261 g/mol. The van der Waals surface area contributed by atoms with Crippen LogP contribution in [-0.2, 0) is 9.47 Å². The third-order valence-corrected chi connectivity index (χ3v) is 3.01. The highest BCUT2D eigenvalue weighted by molar-refractivity contribution is 5.90. The molecule has 0 spiro atoms. The molecule has 1 fully saturated rings. The maximum atomic E-state index is 11.5. The van der Waals surface area contributed by atoms with Gasteiger partial charge in [-0.05, 0) is 19.1 Å². The minimum Gasteiger partial charge on any atom is -0.465 e. The summed E-state index contributed by atoms with van der Waals surface area (Å²) >= 11 is 0. The lowest BCUT2D eigenvalue weighted by Crippen LogP contribution is -2.42. The number of nitrogens with zero attached hydrogens (tertiary/aromatic N) is 3. The van der Waals surface area contributed by atoms with E-state index < -0.39 is 12.1 Å². The summed E-state index contributed by atoms with van der Waals surface area (Å²) in [5, 5.41) is 8.88. The number of methoxy groups -OCH3 is 1. The van der Waals surface area contributed by atoms with Gasteiger partial charge in [0.25, 0.3) is 0 Å². The Morgan fingerprint density at radius 2 is 2.42 bits per heavy atom. The second kappa shape index (κ2) is 5.67. The van der Waals surface area contributed by atoms with E-state index in [1.165, 1.54) is 7.11 Å². The predicted octanol–water partition coefficient (Wildman–Crippen LogP) is 0.905. The Balaban J connectivity index is 2.20. The minimum absolute atomic E-state index is 0.395. The molecule has 1 aliphatic rings. The Labute approximate surface area is 111 Å². The number of anilines is 1. The predicted molar refractivity (Wildman–Crippen MR) is 67.9 cm³/mol. The van der Waals surface area contributed by atoms with Gasteiger partial charge in [-0.2, -0.15) is 5.26 Å². The lowest BCUT2D eigenvalue weighted by Gasteiger charge is -2.30. The smallest absolute Gasteiger partial charge is 0.339 e. The van der Waals surface area contributed by atoms with E-state index in [0.29, 0.717) is 31.0 Å². The van der Waals surface area contributed by atoms with Crippen LogP contribution in [-0.4, -0.2) is 43.9 Å². The normalized spacial score (nSPS) is 18.8. The number of rotatable bonds is 2. The number of hydrogen-bond donors (Lipinski definition) is 0. The summed E-state index contributed by atoms with van der Waals surface area (Å²) < 4.78 is 9.97. The zero-order valence-corrected chi connectivity index (χ0v) is 10.9. The van der Waals surface area contributed by atoms with Gasteiger partial charge in [0.05, 0.1) is 37.6 Å². The van der Waals surface area contributed by atoms with Gasteiger partial charge in [-0.15, -0.1) is 0 Å². The van der Waals surface area contributed by atoms with Gasteiger partial charge in [0.15, 0.2) is 6.10 Å². The maximum absolute atomic E-state index is 11.5.